The normalized spacial score (nSPS) is 24.5. The van der Waals surface area contributed by atoms with Crippen molar-refractivity contribution in [2.24, 2.45) is 0 Å². The SMILES string of the molecule is CNN(C)Cc1cc2ccccc2n1CCC(=O)NCCNCC(=O)NCCOCCOCCC(=O)N(C)[C@@H](C)C(=O)O[C@H]1CC(=O)N(C)c2cc(cc(OC)c2Cl)C/C(C)=C/C=C/[C@@H](OC)[C@@]2(O)C[C@H](OC(=O)N2)C2(C)C[C@@]1(C)O2. The van der Waals surface area contributed by atoms with Gasteiger partial charge in [0, 0.05) is 84.9 Å². The second-order valence-electron chi connectivity index (χ2n) is 21.2. The van der Waals surface area contributed by atoms with Gasteiger partial charge in [0.2, 0.25) is 23.6 Å². The van der Waals surface area contributed by atoms with Crippen LogP contribution in [0.4, 0.5) is 10.5 Å². The first-order chi connectivity index (χ1) is 38.5. The molecule has 23 nitrogen and oxygen atoms in total. The Hall–Kier alpha value is -6.15. The van der Waals surface area contributed by atoms with Crippen molar-refractivity contribution in [2.45, 2.75) is 121 Å². The monoisotopic (exact) mass is 1150 g/mol. The van der Waals surface area contributed by atoms with Gasteiger partial charge in [-0.1, -0.05) is 53.6 Å². The lowest BCUT2D eigenvalue weighted by atomic mass is 9.72. The molecule has 4 aliphatic rings. The Labute approximate surface area is 479 Å². The van der Waals surface area contributed by atoms with Crippen LogP contribution < -0.4 is 36.3 Å². The molecule has 446 valence electrons. The van der Waals surface area contributed by atoms with E-state index >= 15 is 0 Å². The van der Waals surface area contributed by atoms with Crippen molar-refractivity contribution in [3.05, 3.63) is 82.5 Å². The zero-order valence-electron chi connectivity index (χ0n) is 48.3. The van der Waals surface area contributed by atoms with Gasteiger partial charge in [-0.05, 0) is 76.4 Å². The number of hydrogen-bond donors (Lipinski definition) is 6. The maximum atomic E-state index is 14.3. The van der Waals surface area contributed by atoms with Gasteiger partial charge in [0.15, 0.2) is 5.72 Å². The van der Waals surface area contributed by atoms with E-state index < -0.39 is 65.2 Å². The van der Waals surface area contributed by atoms with E-state index in [-0.39, 0.29) is 82.0 Å². The summed E-state index contributed by atoms with van der Waals surface area (Å²) in [6.45, 7) is 9.80. The Morgan fingerprint density at radius 2 is 1.68 bits per heavy atom. The van der Waals surface area contributed by atoms with Crippen molar-refractivity contribution in [1.82, 2.24) is 41.2 Å². The predicted molar refractivity (Wildman–Crippen MR) is 303 cm³/mol. The average molecular weight is 1150 g/mol. The fourth-order valence-corrected chi connectivity index (χ4v) is 10.6. The average Bonchev–Trinajstić information content (AvgIpc) is 2.44. The molecule has 0 aliphatic carbocycles. The summed E-state index contributed by atoms with van der Waals surface area (Å²) < 4.78 is 43.1. The van der Waals surface area contributed by atoms with Gasteiger partial charge in [0.05, 0.1) is 65.2 Å². The minimum Gasteiger partial charge on any atom is -0.495 e. The number of halogens is 1. The van der Waals surface area contributed by atoms with Crippen LogP contribution in [-0.2, 0) is 71.9 Å². The molecular weight excluding hydrogens is 1070 g/mol. The second kappa shape index (κ2) is 29.2. The summed E-state index contributed by atoms with van der Waals surface area (Å²) in [5.41, 5.74) is 2.91. The number of aromatic nitrogens is 1. The number of fused-ring (bicyclic) bond motifs is 7. The fourth-order valence-electron chi connectivity index (χ4n) is 10.3. The number of ether oxygens (including phenoxy) is 7. The highest BCUT2D eigenvalue weighted by Gasteiger charge is 2.63. The molecule has 24 heteroatoms. The van der Waals surface area contributed by atoms with Crippen molar-refractivity contribution >= 4 is 63.9 Å². The number of hydrazine groups is 1. The highest BCUT2D eigenvalue weighted by Crippen LogP contribution is 2.50. The summed E-state index contributed by atoms with van der Waals surface area (Å²) in [5.74, 6) is -1.65. The van der Waals surface area contributed by atoms with Crippen LogP contribution in [0, 0.1) is 0 Å². The number of anilines is 1. The summed E-state index contributed by atoms with van der Waals surface area (Å²) in [6, 6.07) is 12.7. The number of benzene rings is 2. The number of aryl methyl sites for hydroxylation is 1. The molecule has 0 saturated carbocycles. The third kappa shape index (κ3) is 17.0. The van der Waals surface area contributed by atoms with Crippen LogP contribution in [0.5, 0.6) is 5.75 Å². The number of carbonyl (C=O) groups excluding carboxylic acids is 6. The first-order valence-electron chi connectivity index (χ1n) is 27.3. The quantitative estimate of drug-likeness (QED) is 0.0403. The molecule has 6 N–H and O–H groups in total. The number of hydrogen-bond acceptors (Lipinski definition) is 17. The third-order valence-corrected chi connectivity index (χ3v) is 15.4. The molecule has 0 radical (unpaired) electrons. The summed E-state index contributed by atoms with van der Waals surface area (Å²) >= 11 is 6.82. The molecule has 6 bridgehead atoms. The smallest absolute Gasteiger partial charge is 0.409 e. The Balaban J connectivity index is 0.929. The van der Waals surface area contributed by atoms with Gasteiger partial charge in [0.1, 0.15) is 46.3 Å². The number of allylic oxidation sites excluding steroid dienone is 3. The zero-order valence-corrected chi connectivity index (χ0v) is 49.1. The second-order valence-corrected chi connectivity index (χ2v) is 21.6. The predicted octanol–water partition coefficient (Wildman–Crippen LogP) is 3.52. The largest absolute Gasteiger partial charge is 0.495 e. The van der Waals surface area contributed by atoms with Crippen molar-refractivity contribution in [3.63, 3.8) is 0 Å². The lowest BCUT2D eigenvalue weighted by molar-refractivity contribution is -0.328. The number of esters is 1. The van der Waals surface area contributed by atoms with E-state index in [1.807, 2.05) is 44.2 Å². The molecule has 5 heterocycles. The lowest BCUT2D eigenvalue weighted by Gasteiger charge is -2.59. The van der Waals surface area contributed by atoms with E-state index in [1.54, 1.807) is 45.2 Å². The van der Waals surface area contributed by atoms with Crippen molar-refractivity contribution < 1.29 is 67.0 Å². The highest BCUT2D eigenvalue weighted by molar-refractivity contribution is 6.35. The van der Waals surface area contributed by atoms with Crippen molar-refractivity contribution in [1.29, 1.82) is 0 Å². The van der Waals surface area contributed by atoms with Crippen LogP contribution in [0.1, 0.15) is 71.1 Å². The first kappa shape index (κ1) is 64.0. The molecular formula is C57H82ClN9O14. The van der Waals surface area contributed by atoms with Gasteiger partial charge in [-0.15, -0.1) is 0 Å². The summed E-state index contributed by atoms with van der Waals surface area (Å²) in [7, 11) is 9.73. The maximum Gasteiger partial charge on any atom is 0.409 e. The molecule has 2 saturated heterocycles. The van der Waals surface area contributed by atoms with E-state index in [0.717, 1.165) is 27.7 Å². The number of rotatable bonds is 25. The van der Waals surface area contributed by atoms with E-state index in [0.29, 0.717) is 50.5 Å². The number of nitrogens with one attached hydrogen (secondary N) is 5. The molecule has 2 aromatic carbocycles. The van der Waals surface area contributed by atoms with Gasteiger partial charge in [-0.25, -0.2) is 14.6 Å². The summed E-state index contributed by atoms with van der Waals surface area (Å²) in [6.07, 6.45) is 1.40. The standard InChI is InChI=1S/C57H82ClN9O14/c1-37-14-13-17-45(76-10)57(74)33-47(80-54(73)63-57)56(4)36-55(3,81-56)46(32-51(71)66(8)43-29-39(28-37)30-44(75-9)52(43)58)79-53(72)38(2)65(7)50(70)19-24-77-26-27-78-25-22-62-49(69)34-60-20-21-61-48(68)18-23-67-41(35-64(6)59-5)31-40-15-11-12-16-42(40)67/h11-17,29-31,38,45-47,59-60,74H,18-28,32-36H2,1-10H3,(H,61,68)(H,62,69)(H,63,73)/b17-13+,37-14+/t38-,45+,46-,47-,55+,56?,57-/m0/s1. The summed E-state index contributed by atoms with van der Waals surface area (Å²) in [5, 5.41) is 26.4. The van der Waals surface area contributed by atoms with Crippen LogP contribution in [0.25, 0.3) is 10.9 Å². The number of para-hydroxylation sites is 1. The Kier molecular flexibility index (Phi) is 23.1. The molecule has 2 fully saturated rings. The molecule has 3 aromatic rings. The number of nitrogens with zero attached hydrogens (tertiary/aromatic N) is 4. The summed E-state index contributed by atoms with van der Waals surface area (Å²) in [4.78, 5) is 82.4. The third-order valence-electron chi connectivity index (χ3n) is 15.0. The molecule has 1 unspecified atom stereocenters. The molecule has 81 heavy (non-hydrogen) atoms. The van der Waals surface area contributed by atoms with Crippen LogP contribution in [0.3, 0.4) is 0 Å². The minimum absolute atomic E-state index is 0.0351. The number of amides is 5. The van der Waals surface area contributed by atoms with E-state index in [1.165, 1.54) is 38.0 Å². The Bertz CT molecular complexity index is 2750. The fraction of sp³-hybridized carbons (Fsp3) is 0.579. The van der Waals surface area contributed by atoms with Gasteiger partial charge >= 0.3 is 12.1 Å². The minimum atomic E-state index is -1.90. The molecule has 1 aromatic heterocycles. The maximum absolute atomic E-state index is 14.3. The number of likely N-dealkylation sites (N-methyl/N-ethyl adjacent to an activating group) is 1. The van der Waals surface area contributed by atoms with Gasteiger partial charge in [0.25, 0.3) is 0 Å². The molecule has 7 atom stereocenters. The van der Waals surface area contributed by atoms with Crippen LogP contribution in [-0.4, -0.2) is 192 Å². The van der Waals surface area contributed by atoms with Gasteiger partial charge < -0.3 is 68.6 Å². The highest BCUT2D eigenvalue weighted by atomic mass is 35.5. The van der Waals surface area contributed by atoms with Crippen molar-refractivity contribution in [2.75, 3.05) is 99.9 Å². The number of methoxy groups -OCH3 is 2. The van der Waals surface area contributed by atoms with Gasteiger partial charge in [-0.2, -0.15) is 0 Å². The number of aliphatic hydroxyl groups is 1. The van der Waals surface area contributed by atoms with Crippen LogP contribution in [0.15, 0.2) is 66.3 Å². The number of carbonyl (C=O) groups is 6. The van der Waals surface area contributed by atoms with Crippen LogP contribution >= 0.6 is 11.6 Å². The van der Waals surface area contributed by atoms with E-state index in [9.17, 15) is 33.9 Å². The van der Waals surface area contributed by atoms with Crippen molar-refractivity contribution in [3.8, 4) is 5.75 Å². The first-order valence-corrected chi connectivity index (χ1v) is 27.6. The molecule has 5 amide bonds. The molecule has 7 rings (SSSR count). The van der Waals surface area contributed by atoms with E-state index in [2.05, 4.69) is 49.5 Å². The zero-order chi connectivity index (χ0) is 59.1. The number of alkyl carbamates (subject to hydrolysis) is 1. The van der Waals surface area contributed by atoms with Gasteiger partial charge in [-0.3, -0.25) is 29.9 Å². The Morgan fingerprint density at radius 3 is 2.40 bits per heavy atom. The molecule has 0 spiro atoms. The Morgan fingerprint density at radius 1 is 0.963 bits per heavy atom. The van der Waals surface area contributed by atoms with E-state index in [4.69, 9.17) is 44.8 Å². The molecule has 4 aliphatic heterocycles. The van der Waals surface area contributed by atoms with Crippen LogP contribution in [0.2, 0.25) is 5.02 Å². The lowest BCUT2D eigenvalue weighted by Crippen LogP contribution is -2.72. The topological polar surface area (TPSA) is 262 Å².